The lowest BCUT2D eigenvalue weighted by atomic mass is 10.0. The van der Waals surface area contributed by atoms with Crippen molar-refractivity contribution in [3.05, 3.63) is 24.3 Å². The van der Waals surface area contributed by atoms with E-state index < -0.39 is 12.1 Å². The molecular formula is C81H157NO5. The summed E-state index contributed by atoms with van der Waals surface area (Å²) in [4.78, 5) is 24.7. The highest BCUT2D eigenvalue weighted by Crippen LogP contribution is 2.20. The summed E-state index contributed by atoms with van der Waals surface area (Å²) in [5.41, 5.74) is 0. The first-order valence-corrected chi connectivity index (χ1v) is 40.1. The number of amides is 1. The number of unbranched alkanes of at least 4 members (excludes halogenated alkanes) is 61. The van der Waals surface area contributed by atoms with Crippen molar-refractivity contribution in [2.24, 2.45) is 0 Å². The third-order valence-corrected chi connectivity index (χ3v) is 19.0. The summed E-state index contributed by atoms with van der Waals surface area (Å²) in [6, 6.07) is -0.539. The van der Waals surface area contributed by atoms with Gasteiger partial charge < -0.3 is 20.3 Å². The Morgan fingerprint density at radius 2 is 0.575 bits per heavy atom. The van der Waals surface area contributed by atoms with Crippen LogP contribution < -0.4 is 5.32 Å². The summed E-state index contributed by atoms with van der Waals surface area (Å²) < 4.78 is 5.51. The van der Waals surface area contributed by atoms with Gasteiger partial charge in [0.05, 0.1) is 25.4 Å². The fourth-order valence-corrected chi connectivity index (χ4v) is 12.9. The molecule has 0 spiro atoms. The van der Waals surface area contributed by atoms with Gasteiger partial charge in [-0.25, -0.2) is 0 Å². The van der Waals surface area contributed by atoms with E-state index in [0.29, 0.717) is 25.9 Å². The van der Waals surface area contributed by atoms with Crippen LogP contribution in [0.25, 0.3) is 0 Å². The first-order chi connectivity index (χ1) is 43.0. The van der Waals surface area contributed by atoms with Gasteiger partial charge in [-0.1, -0.05) is 411 Å². The summed E-state index contributed by atoms with van der Waals surface area (Å²) in [6.07, 6.45) is 98.4. The Morgan fingerprint density at radius 3 is 0.885 bits per heavy atom. The number of rotatable bonds is 76. The molecule has 1 amide bonds. The monoisotopic (exact) mass is 1220 g/mol. The summed E-state index contributed by atoms with van der Waals surface area (Å²) >= 11 is 0. The fraction of sp³-hybridized carbons (Fsp3) is 0.926. The van der Waals surface area contributed by atoms with E-state index in [1.54, 1.807) is 0 Å². The van der Waals surface area contributed by atoms with E-state index in [9.17, 15) is 19.8 Å². The zero-order valence-corrected chi connectivity index (χ0v) is 59.3. The number of hydrogen-bond donors (Lipinski definition) is 3. The Labute approximate surface area is 545 Å². The van der Waals surface area contributed by atoms with Crippen molar-refractivity contribution < 1.29 is 24.5 Å². The third-order valence-electron chi connectivity index (χ3n) is 19.0. The van der Waals surface area contributed by atoms with Gasteiger partial charge >= 0.3 is 5.97 Å². The van der Waals surface area contributed by atoms with Gasteiger partial charge in [-0.2, -0.15) is 0 Å². The van der Waals surface area contributed by atoms with Gasteiger partial charge in [0.1, 0.15) is 0 Å². The molecule has 0 aliphatic rings. The summed E-state index contributed by atoms with van der Waals surface area (Å²) in [7, 11) is 0. The molecule has 0 saturated carbocycles. The predicted octanol–water partition coefficient (Wildman–Crippen LogP) is 26.4. The average Bonchev–Trinajstić information content (AvgIpc) is 3.53. The molecule has 6 heteroatoms. The largest absolute Gasteiger partial charge is 0.466 e. The molecule has 516 valence electrons. The van der Waals surface area contributed by atoms with Crippen molar-refractivity contribution in [1.82, 2.24) is 5.32 Å². The van der Waals surface area contributed by atoms with Crippen molar-refractivity contribution in [2.75, 3.05) is 13.2 Å². The van der Waals surface area contributed by atoms with Crippen LogP contribution in [0.4, 0.5) is 0 Å². The lowest BCUT2D eigenvalue weighted by Gasteiger charge is -2.22. The maximum atomic E-state index is 12.6. The Balaban J connectivity index is 3.32. The maximum absolute atomic E-state index is 12.6. The van der Waals surface area contributed by atoms with Crippen LogP contribution in [0.15, 0.2) is 24.3 Å². The van der Waals surface area contributed by atoms with Crippen LogP contribution in [0.3, 0.4) is 0 Å². The second-order valence-corrected chi connectivity index (χ2v) is 27.8. The lowest BCUT2D eigenvalue weighted by Crippen LogP contribution is -2.45. The lowest BCUT2D eigenvalue weighted by molar-refractivity contribution is -0.143. The number of aliphatic hydroxyl groups is 2. The van der Waals surface area contributed by atoms with Crippen LogP contribution >= 0.6 is 0 Å². The molecule has 2 unspecified atom stereocenters. The van der Waals surface area contributed by atoms with Crippen molar-refractivity contribution in [1.29, 1.82) is 0 Å². The molecule has 0 saturated heterocycles. The summed E-state index contributed by atoms with van der Waals surface area (Å²) in [5.74, 6) is -0.0104. The van der Waals surface area contributed by atoms with E-state index in [1.165, 1.54) is 372 Å². The maximum Gasteiger partial charge on any atom is 0.305 e. The molecular weight excluding hydrogens is 1070 g/mol. The van der Waals surface area contributed by atoms with E-state index in [-0.39, 0.29) is 18.5 Å². The molecule has 3 N–H and O–H groups in total. The highest BCUT2D eigenvalue weighted by Gasteiger charge is 2.20. The molecule has 0 heterocycles. The summed E-state index contributed by atoms with van der Waals surface area (Å²) in [6.45, 7) is 4.99. The number of hydrogen-bond acceptors (Lipinski definition) is 5. The van der Waals surface area contributed by atoms with Gasteiger partial charge in [-0.3, -0.25) is 9.59 Å². The molecule has 0 rings (SSSR count). The molecule has 0 bridgehead atoms. The molecule has 0 aromatic carbocycles. The van der Waals surface area contributed by atoms with Crippen LogP contribution in [0.2, 0.25) is 0 Å². The number of carbonyl (C=O) groups excluding carboxylic acids is 2. The highest BCUT2D eigenvalue weighted by molar-refractivity contribution is 5.76. The van der Waals surface area contributed by atoms with E-state index in [1.807, 2.05) is 0 Å². The van der Waals surface area contributed by atoms with Crippen LogP contribution in [-0.4, -0.2) is 47.4 Å². The smallest absolute Gasteiger partial charge is 0.305 e. The zero-order valence-electron chi connectivity index (χ0n) is 59.3. The van der Waals surface area contributed by atoms with Crippen molar-refractivity contribution >= 4 is 11.9 Å². The quantitative estimate of drug-likeness (QED) is 0.0320. The minimum absolute atomic E-state index is 0.0149. The first-order valence-electron chi connectivity index (χ1n) is 40.1. The van der Waals surface area contributed by atoms with Crippen molar-refractivity contribution in [3.8, 4) is 0 Å². The Morgan fingerprint density at radius 1 is 0.322 bits per heavy atom. The zero-order chi connectivity index (χ0) is 62.8. The molecule has 0 aromatic heterocycles. The first kappa shape index (κ1) is 85.3. The number of nitrogens with one attached hydrogen (secondary N) is 1. The molecule has 87 heavy (non-hydrogen) atoms. The number of carbonyl (C=O) groups is 2. The van der Waals surface area contributed by atoms with E-state index >= 15 is 0 Å². The van der Waals surface area contributed by atoms with E-state index in [2.05, 4.69) is 43.5 Å². The molecule has 0 aliphatic carbocycles. The third kappa shape index (κ3) is 73.3. The van der Waals surface area contributed by atoms with Crippen LogP contribution in [0.1, 0.15) is 457 Å². The normalized spacial score (nSPS) is 12.6. The number of aliphatic hydroxyl groups excluding tert-OH is 2. The predicted molar refractivity (Wildman–Crippen MR) is 384 cm³/mol. The van der Waals surface area contributed by atoms with Crippen LogP contribution in [0, 0.1) is 0 Å². The van der Waals surface area contributed by atoms with Gasteiger partial charge in [-0.05, 0) is 57.8 Å². The van der Waals surface area contributed by atoms with E-state index in [0.717, 1.165) is 51.4 Å². The van der Waals surface area contributed by atoms with Crippen molar-refractivity contribution in [2.45, 2.75) is 469 Å². The second-order valence-electron chi connectivity index (χ2n) is 27.8. The standard InChI is InChI=1S/C81H157NO5/c1-3-5-7-9-11-13-15-17-19-21-23-38-41-45-49-53-57-61-65-69-73-79(84)78(77-83)82-80(85)74-70-66-62-58-54-50-46-42-39-36-34-32-30-28-26-24-25-27-29-31-33-35-37-40-44-48-52-56-60-64-68-72-76-87-81(86)75-71-67-63-59-55-51-47-43-22-20-18-16-14-12-10-8-6-4-2/h14,16,20,22,78-79,83-84H,3-13,15,17-19,21,23-77H2,1-2H3,(H,82,85)/b16-14-,22-20-. The molecule has 0 fully saturated rings. The second kappa shape index (κ2) is 76.8. The van der Waals surface area contributed by atoms with Gasteiger partial charge in [0.25, 0.3) is 0 Å². The number of esters is 1. The SMILES string of the molecule is CCCCCC/C=C\C/C=C\CCCCCCCCCC(=O)OCCCCCCCCCCCCCCCCCCCCCCCCCCCCCCCCCCC(=O)NC(CO)C(O)CCCCCCCCCCCCCCCCCCCCCC. The van der Waals surface area contributed by atoms with Gasteiger partial charge in [-0.15, -0.1) is 0 Å². The minimum Gasteiger partial charge on any atom is -0.466 e. The van der Waals surface area contributed by atoms with Crippen LogP contribution in [-0.2, 0) is 14.3 Å². The minimum atomic E-state index is -0.662. The van der Waals surface area contributed by atoms with Gasteiger partial charge in [0.2, 0.25) is 5.91 Å². The summed E-state index contributed by atoms with van der Waals surface area (Å²) in [5, 5.41) is 23.4. The molecule has 0 aliphatic heterocycles. The Hall–Kier alpha value is -1.66. The van der Waals surface area contributed by atoms with Gasteiger partial charge in [0, 0.05) is 12.8 Å². The van der Waals surface area contributed by atoms with Crippen LogP contribution in [0.5, 0.6) is 0 Å². The molecule has 0 aromatic rings. The molecule has 6 nitrogen and oxygen atoms in total. The molecule has 2 atom stereocenters. The molecule has 0 radical (unpaired) electrons. The Kier molecular flexibility index (Phi) is 75.3. The van der Waals surface area contributed by atoms with E-state index in [4.69, 9.17) is 4.74 Å². The average molecular weight is 1230 g/mol. The Bertz CT molecular complexity index is 1360. The number of ether oxygens (including phenoxy) is 1. The fourth-order valence-electron chi connectivity index (χ4n) is 12.9. The van der Waals surface area contributed by atoms with Crippen molar-refractivity contribution in [3.63, 3.8) is 0 Å². The number of allylic oxidation sites excluding steroid dienone is 4. The topological polar surface area (TPSA) is 95.9 Å². The highest BCUT2D eigenvalue weighted by atomic mass is 16.5. The van der Waals surface area contributed by atoms with Gasteiger partial charge in [0.15, 0.2) is 0 Å².